The van der Waals surface area contributed by atoms with Crippen molar-refractivity contribution in [1.82, 2.24) is 9.88 Å². The summed E-state index contributed by atoms with van der Waals surface area (Å²) < 4.78 is 65.6. The van der Waals surface area contributed by atoms with E-state index in [1.165, 1.54) is 29.7 Å². The first-order valence-electron chi connectivity index (χ1n) is 14.5. The summed E-state index contributed by atoms with van der Waals surface area (Å²) in [4.78, 5) is 22.2. The fourth-order valence-electron chi connectivity index (χ4n) is 6.29. The number of ether oxygens (including phenoxy) is 1. The highest BCUT2D eigenvalue weighted by Crippen LogP contribution is 2.45. The Morgan fingerprint density at radius 2 is 1.77 bits per heavy atom. The summed E-state index contributed by atoms with van der Waals surface area (Å²) in [6.07, 6.45) is 1.35. The summed E-state index contributed by atoms with van der Waals surface area (Å²) in [5.41, 5.74) is 2.60. The zero-order valence-electron chi connectivity index (χ0n) is 24.4. The number of thiazole rings is 1. The van der Waals surface area contributed by atoms with Gasteiger partial charge in [0.25, 0.3) is 0 Å². The van der Waals surface area contributed by atoms with Crippen LogP contribution in [0.3, 0.4) is 0 Å². The van der Waals surface area contributed by atoms with Crippen molar-refractivity contribution in [3.05, 3.63) is 70.2 Å². The fraction of sp³-hybridized carbons (Fsp3) is 0.484. The standard InChI is InChI=1S/C31H36F3N3O4S2/c1-4-19(2)28-27-25(18-37(28)17-20-9-13-23(14-10-20)41-31(32,33)34)42-30(35-27)36-29(38)26(21-7-5-6-8-21)22-11-15-24(16-12-22)43(3,39)40/h9-16,19,21,26,28H,4-8,17-18H2,1-3H3,(H,35,36,38)/t19-,26?,28?/m1/s1. The van der Waals surface area contributed by atoms with E-state index in [9.17, 15) is 26.4 Å². The van der Waals surface area contributed by atoms with Crippen LogP contribution in [0.15, 0.2) is 53.4 Å². The van der Waals surface area contributed by atoms with Gasteiger partial charge in [-0.25, -0.2) is 13.4 Å². The minimum absolute atomic E-state index is 0.00201. The van der Waals surface area contributed by atoms with Crippen molar-refractivity contribution in [3.63, 3.8) is 0 Å². The highest BCUT2D eigenvalue weighted by Gasteiger charge is 2.38. The number of sulfone groups is 1. The van der Waals surface area contributed by atoms with Gasteiger partial charge in [-0.2, -0.15) is 0 Å². The van der Waals surface area contributed by atoms with Crippen LogP contribution in [-0.2, 0) is 27.7 Å². The number of nitrogens with zero attached hydrogens (tertiary/aromatic N) is 2. The molecule has 1 saturated carbocycles. The molecule has 12 heteroatoms. The van der Waals surface area contributed by atoms with Gasteiger partial charge in [0.05, 0.1) is 22.5 Å². The van der Waals surface area contributed by atoms with Crippen LogP contribution in [0.2, 0.25) is 0 Å². The normalized spacial score (nSPS) is 19.3. The smallest absolute Gasteiger partial charge is 0.406 e. The first-order chi connectivity index (χ1) is 20.3. The summed E-state index contributed by atoms with van der Waals surface area (Å²) in [5.74, 6) is -0.350. The van der Waals surface area contributed by atoms with Crippen molar-refractivity contribution in [3.8, 4) is 5.75 Å². The third-order valence-electron chi connectivity index (χ3n) is 8.52. The van der Waals surface area contributed by atoms with E-state index in [1.807, 2.05) is 0 Å². The maximum Gasteiger partial charge on any atom is 0.573 e. The Balaban J connectivity index is 1.33. The number of fused-ring (bicyclic) bond motifs is 1. The van der Waals surface area contributed by atoms with Crippen LogP contribution < -0.4 is 10.1 Å². The summed E-state index contributed by atoms with van der Waals surface area (Å²) in [5, 5.41) is 3.63. The van der Waals surface area contributed by atoms with E-state index in [-0.39, 0.29) is 34.4 Å². The summed E-state index contributed by atoms with van der Waals surface area (Å²) in [6, 6.07) is 12.6. The van der Waals surface area contributed by atoms with E-state index in [2.05, 4.69) is 28.8 Å². The monoisotopic (exact) mass is 635 g/mol. The lowest BCUT2D eigenvalue weighted by molar-refractivity contribution is -0.274. The second-order valence-electron chi connectivity index (χ2n) is 11.6. The molecule has 3 aromatic rings. The van der Waals surface area contributed by atoms with Gasteiger partial charge in [-0.1, -0.05) is 57.4 Å². The largest absolute Gasteiger partial charge is 0.573 e. The molecule has 1 fully saturated rings. The van der Waals surface area contributed by atoms with Crippen molar-refractivity contribution in [2.24, 2.45) is 11.8 Å². The maximum atomic E-state index is 13.7. The number of rotatable bonds is 10. The molecule has 43 heavy (non-hydrogen) atoms. The van der Waals surface area contributed by atoms with Gasteiger partial charge in [0, 0.05) is 24.2 Å². The number of anilines is 1. The molecule has 1 aliphatic carbocycles. The van der Waals surface area contributed by atoms with Crippen molar-refractivity contribution in [2.45, 2.75) is 82.3 Å². The number of halogens is 3. The molecule has 3 atom stereocenters. The molecule has 7 nitrogen and oxygen atoms in total. The predicted octanol–water partition coefficient (Wildman–Crippen LogP) is 7.46. The Kier molecular flexibility index (Phi) is 9.20. The van der Waals surface area contributed by atoms with E-state index in [0.717, 1.165) is 53.8 Å². The first-order valence-corrected chi connectivity index (χ1v) is 17.2. The van der Waals surface area contributed by atoms with E-state index in [0.29, 0.717) is 18.2 Å². The van der Waals surface area contributed by atoms with Crippen LogP contribution in [0.1, 0.15) is 79.6 Å². The lowest BCUT2D eigenvalue weighted by Gasteiger charge is -2.29. The number of carbonyl (C=O) groups is 1. The van der Waals surface area contributed by atoms with Crippen molar-refractivity contribution in [2.75, 3.05) is 11.6 Å². The molecule has 0 spiro atoms. The predicted molar refractivity (Wildman–Crippen MR) is 160 cm³/mol. The van der Waals surface area contributed by atoms with E-state index >= 15 is 0 Å². The number of nitrogens with one attached hydrogen (secondary N) is 1. The second-order valence-corrected chi connectivity index (χ2v) is 14.7. The molecule has 2 heterocycles. The number of hydrogen-bond acceptors (Lipinski definition) is 7. The lowest BCUT2D eigenvalue weighted by Crippen LogP contribution is -2.28. The van der Waals surface area contributed by atoms with Crippen LogP contribution in [0.4, 0.5) is 18.3 Å². The van der Waals surface area contributed by atoms with Crippen LogP contribution in [-0.4, -0.2) is 36.8 Å². The molecule has 1 aromatic heterocycles. The molecule has 1 amide bonds. The van der Waals surface area contributed by atoms with Crippen LogP contribution in [0, 0.1) is 11.8 Å². The lowest BCUT2D eigenvalue weighted by atomic mass is 9.84. The molecule has 2 aliphatic rings. The highest BCUT2D eigenvalue weighted by atomic mass is 32.2. The van der Waals surface area contributed by atoms with E-state index in [4.69, 9.17) is 4.98 Å². The number of benzene rings is 2. The molecule has 232 valence electrons. The molecule has 2 unspecified atom stereocenters. The van der Waals surface area contributed by atoms with Gasteiger partial charge in [0.1, 0.15) is 5.75 Å². The number of aromatic nitrogens is 1. The zero-order chi connectivity index (χ0) is 30.9. The zero-order valence-corrected chi connectivity index (χ0v) is 26.0. The molecule has 1 aliphatic heterocycles. The SMILES string of the molecule is CC[C@@H](C)C1c2nc(NC(=O)C(c3ccc(S(C)(=O)=O)cc3)C3CCCC3)sc2CN1Cc1ccc(OC(F)(F)F)cc1. The molecule has 1 N–H and O–H groups in total. The van der Waals surface area contributed by atoms with Crippen LogP contribution in [0.5, 0.6) is 5.75 Å². The molecule has 5 rings (SSSR count). The molecule has 0 bridgehead atoms. The minimum atomic E-state index is -4.73. The first kappa shape index (κ1) is 31.5. The Bertz CT molecular complexity index is 1530. The van der Waals surface area contributed by atoms with E-state index < -0.39 is 22.1 Å². The molecule has 0 radical (unpaired) electrons. The number of hydrogen-bond donors (Lipinski definition) is 1. The molecular weight excluding hydrogens is 599 g/mol. The fourth-order valence-corrected chi connectivity index (χ4v) is 7.95. The topological polar surface area (TPSA) is 88.6 Å². The second kappa shape index (κ2) is 12.6. The Hall–Kier alpha value is -2.96. The molecule has 2 aromatic carbocycles. The average molecular weight is 636 g/mol. The Morgan fingerprint density at radius 1 is 1.12 bits per heavy atom. The maximum absolute atomic E-state index is 13.7. The van der Waals surface area contributed by atoms with Crippen molar-refractivity contribution in [1.29, 1.82) is 0 Å². The van der Waals surface area contributed by atoms with Crippen LogP contribution >= 0.6 is 11.3 Å². The number of alkyl halides is 3. The minimum Gasteiger partial charge on any atom is -0.406 e. The van der Waals surface area contributed by atoms with Crippen molar-refractivity contribution < 1.29 is 31.1 Å². The highest BCUT2D eigenvalue weighted by molar-refractivity contribution is 7.90. The average Bonchev–Trinajstić information content (AvgIpc) is 3.66. The summed E-state index contributed by atoms with van der Waals surface area (Å²) in [7, 11) is -3.34. The molecular formula is C31H36F3N3O4S2. The van der Waals surface area contributed by atoms with Gasteiger partial charge >= 0.3 is 6.36 Å². The van der Waals surface area contributed by atoms with Gasteiger partial charge in [-0.05, 0) is 60.1 Å². The van der Waals surface area contributed by atoms with Gasteiger partial charge < -0.3 is 10.1 Å². The van der Waals surface area contributed by atoms with Gasteiger partial charge in [-0.3, -0.25) is 9.69 Å². The summed E-state index contributed by atoms with van der Waals surface area (Å²) >= 11 is 1.46. The quantitative estimate of drug-likeness (QED) is 0.249. The Labute approximate surface area is 254 Å². The summed E-state index contributed by atoms with van der Waals surface area (Å²) in [6.45, 7) is 5.43. The third kappa shape index (κ3) is 7.41. The van der Waals surface area contributed by atoms with E-state index in [1.54, 1.807) is 36.4 Å². The third-order valence-corrected chi connectivity index (χ3v) is 10.6. The number of amides is 1. The number of carbonyl (C=O) groups excluding carboxylic acids is 1. The van der Waals surface area contributed by atoms with Crippen LogP contribution in [0.25, 0.3) is 0 Å². The molecule has 0 saturated heterocycles. The van der Waals surface area contributed by atoms with Gasteiger partial charge in [0.15, 0.2) is 15.0 Å². The van der Waals surface area contributed by atoms with Crippen molar-refractivity contribution >= 4 is 32.2 Å². The van der Waals surface area contributed by atoms with Gasteiger partial charge in [0.2, 0.25) is 5.91 Å². The van der Waals surface area contributed by atoms with Gasteiger partial charge in [-0.15, -0.1) is 24.5 Å². The Morgan fingerprint density at radius 3 is 2.35 bits per heavy atom.